The number of carbonyl (C=O) groups excluding carboxylic acids is 1. The van der Waals surface area contributed by atoms with Crippen LogP contribution in [-0.2, 0) is 4.79 Å². The van der Waals surface area contributed by atoms with Gasteiger partial charge in [0.15, 0.2) is 5.13 Å². The van der Waals surface area contributed by atoms with E-state index < -0.39 is 0 Å². The van der Waals surface area contributed by atoms with Crippen LogP contribution >= 0.6 is 23.1 Å². The number of thioether (sulfide) groups is 1. The van der Waals surface area contributed by atoms with Crippen molar-refractivity contribution in [3.05, 3.63) is 11.6 Å². The van der Waals surface area contributed by atoms with E-state index in [2.05, 4.69) is 25.8 Å². The van der Waals surface area contributed by atoms with Gasteiger partial charge in [-0.1, -0.05) is 20.8 Å². The van der Waals surface area contributed by atoms with E-state index >= 15 is 0 Å². The van der Waals surface area contributed by atoms with Crippen LogP contribution in [0.25, 0.3) is 0 Å². The topological polar surface area (TPSA) is 33.2 Å². The first-order chi connectivity index (χ1) is 7.52. The average molecular weight is 258 g/mol. The highest BCUT2D eigenvalue weighted by Crippen LogP contribution is 2.21. The highest BCUT2D eigenvalue weighted by atomic mass is 32.2. The molecule has 0 aromatic carbocycles. The standard InChI is InChI=1S/C11H18N2OS2/c1-8(2)9(3)16-7-10(14)13(4)11-12-5-6-15-11/h5-6,8-9H,7H2,1-4H3/t9-/m0/s1. The van der Waals surface area contributed by atoms with Gasteiger partial charge in [-0.2, -0.15) is 0 Å². The molecule has 0 N–H and O–H groups in total. The molecule has 1 aromatic rings. The van der Waals surface area contributed by atoms with E-state index in [0.717, 1.165) is 5.13 Å². The summed E-state index contributed by atoms with van der Waals surface area (Å²) in [6.07, 6.45) is 1.72. The van der Waals surface area contributed by atoms with Crippen LogP contribution in [0.1, 0.15) is 20.8 Å². The van der Waals surface area contributed by atoms with Crippen LogP contribution in [0.3, 0.4) is 0 Å². The summed E-state index contributed by atoms with van der Waals surface area (Å²) in [6.45, 7) is 6.51. The number of rotatable bonds is 5. The second-order valence-electron chi connectivity index (χ2n) is 4.03. The van der Waals surface area contributed by atoms with Crippen LogP contribution in [0.2, 0.25) is 0 Å². The lowest BCUT2D eigenvalue weighted by molar-refractivity contribution is -0.115. The Balaban J connectivity index is 2.41. The summed E-state index contributed by atoms with van der Waals surface area (Å²) in [5, 5.41) is 3.15. The van der Waals surface area contributed by atoms with Crippen LogP contribution < -0.4 is 4.90 Å². The first-order valence-electron chi connectivity index (χ1n) is 5.30. The number of amides is 1. The number of anilines is 1. The van der Waals surface area contributed by atoms with Gasteiger partial charge in [-0.05, 0) is 5.92 Å². The van der Waals surface area contributed by atoms with Crippen LogP contribution in [-0.4, -0.2) is 28.9 Å². The lowest BCUT2D eigenvalue weighted by atomic mass is 10.2. The van der Waals surface area contributed by atoms with Crippen molar-refractivity contribution in [2.75, 3.05) is 17.7 Å². The van der Waals surface area contributed by atoms with E-state index in [-0.39, 0.29) is 5.91 Å². The van der Waals surface area contributed by atoms with Crippen molar-refractivity contribution in [1.82, 2.24) is 4.98 Å². The SMILES string of the molecule is CC(C)[C@H](C)SCC(=O)N(C)c1nccs1. The highest BCUT2D eigenvalue weighted by Gasteiger charge is 2.15. The number of hydrogen-bond donors (Lipinski definition) is 0. The van der Waals surface area contributed by atoms with E-state index in [0.29, 0.717) is 16.9 Å². The molecule has 1 aromatic heterocycles. The molecule has 3 nitrogen and oxygen atoms in total. The van der Waals surface area contributed by atoms with E-state index in [1.54, 1.807) is 29.9 Å². The molecule has 1 amide bonds. The molecule has 0 fully saturated rings. The predicted molar refractivity (Wildman–Crippen MR) is 72.3 cm³/mol. The molecule has 1 rings (SSSR count). The fourth-order valence-electron chi connectivity index (χ4n) is 0.980. The van der Waals surface area contributed by atoms with Crippen molar-refractivity contribution in [1.29, 1.82) is 0 Å². The molecule has 1 atom stereocenters. The summed E-state index contributed by atoms with van der Waals surface area (Å²) in [4.78, 5) is 17.6. The van der Waals surface area contributed by atoms with E-state index in [1.165, 1.54) is 11.3 Å². The maximum absolute atomic E-state index is 11.8. The summed E-state index contributed by atoms with van der Waals surface area (Å²) in [6, 6.07) is 0. The molecule has 0 aliphatic carbocycles. The average Bonchev–Trinajstić information content (AvgIpc) is 2.77. The Morgan fingerprint density at radius 1 is 1.56 bits per heavy atom. The number of hydrogen-bond acceptors (Lipinski definition) is 4. The van der Waals surface area contributed by atoms with E-state index in [9.17, 15) is 4.79 Å². The predicted octanol–water partition coefficient (Wildman–Crippen LogP) is 2.88. The van der Waals surface area contributed by atoms with Crippen molar-refractivity contribution in [2.45, 2.75) is 26.0 Å². The monoisotopic (exact) mass is 258 g/mol. The first kappa shape index (κ1) is 13.5. The number of thiazole rings is 1. The summed E-state index contributed by atoms with van der Waals surface area (Å²) in [7, 11) is 1.78. The molecule has 1 heterocycles. The molecular formula is C11H18N2OS2. The zero-order valence-electron chi connectivity index (χ0n) is 10.1. The fraction of sp³-hybridized carbons (Fsp3) is 0.636. The van der Waals surface area contributed by atoms with Gasteiger partial charge in [-0.3, -0.25) is 9.69 Å². The molecule has 0 aliphatic rings. The fourth-order valence-corrected chi connectivity index (χ4v) is 2.59. The van der Waals surface area contributed by atoms with Crippen LogP contribution in [0.4, 0.5) is 5.13 Å². The lowest BCUT2D eigenvalue weighted by Gasteiger charge is -2.17. The van der Waals surface area contributed by atoms with Gasteiger partial charge in [0.2, 0.25) is 5.91 Å². The Morgan fingerprint density at radius 3 is 2.75 bits per heavy atom. The molecule has 5 heteroatoms. The Morgan fingerprint density at radius 2 is 2.25 bits per heavy atom. The molecule has 0 saturated heterocycles. The first-order valence-corrected chi connectivity index (χ1v) is 7.23. The number of nitrogens with zero attached hydrogens (tertiary/aromatic N) is 2. The molecule has 90 valence electrons. The zero-order valence-corrected chi connectivity index (χ0v) is 11.8. The van der Waals surface area contributed by atoms with Crippen LogP contribution in [0.15, 0.2) is 11.6 Å². The minimum absolute atomic E-state index is 0.118. The third-order valence-corrected chi connectivity index (χ3v) is 4.82. The molecule has 0 unspecified atom stereocenters. The Labute approximate surface area is 105 Å². The maximum atomic E-state index is 11.8. The summed E-state index contributed by atoms with van der Waals surface area (Å²) in [5.74, 6) is 1.24. The van der Waals surface area contributed by atoms with Gasteiger partial charge in [0.1, 0.15) is 0 Å². The second-order valence-corrected chi connectivity index (χ2v) is 6.27. The second kappa shape index (κ2) is 6.25. The number of carbonyl (C=O) groups is 1. The van der Waals surface area contributed by atoms with Gasteiger partial charge in [0.05, 0.1) is 5.75 Å². The summed E-state index contributed by atoms with van der Waals surface area (Å²) < 4.78 is 0. The van der Waals surface area contributed by atoms with Gasteiger partial charge in [-0.15, -0.1) is 23.1 Å². The largest absolute Gasteiger partial charge is 0.291 e. The van der Waals surface area contributed by atoms with Gasteiger partial charge in [-0.25, -0.2) is 4.98 Å². The third-order valence-electron chi connectivity index (χ3n) is 2.49. The van der Waals surface area contributed by atoms with Gasteiger partial charge >= 0.3 is 0 Å². The van der Waals surface area contributed by atoms with Gasteiger partial charge < -0.3 is 0 Å². The highest BCUT2D eigenvalue weighted by molar-refractivity contribution is 8.00. The van der Waals surface area contributed by atoms with Gasteiger partial charge in [0, 0.05) is 23.9 Å². The van der Waals surface area contributed by atoms with E-state index in [1.807, 2.05) is 5.38 Å². The molecule has 0 spiro atoms. The van der Waals surface area contributed by atoms with Crippen molar-refractivity contribution in [3.8, 4) is 0 Å². The molecule has 16 heavy (non-hydrogen) atoms. The van der Waals surface area contributed by atoms with Crippen molar-refractivity contribution in [2.24, 2.45) is 5.92 Å². The minimum atomic E-state index is 0.118. The Kier molecular flexibility index (Phi) is 5.28. The summed E-state index contributed by atoms with van der Waals surface area (Å²) >= 11 is 3.19. The zero-order chi connectivity index (χ0) is 12.1. The minimum Gasteiger partial charge on any atom is -0.291 e. The molecule has 0 radical (unpaired) electrons. The molecule has 0 aliphatic heterocycles. The van der Waals surface area contributed by atoms with E-state index in [4.69, 9.17) is 0 Å². The van der Waals surface area contributed by atoms with Crippen molar-refractivity contribution < 1.29 is 4.79 Å². The lowest BCUT2D eigenvalue weighted by Crippen LogP contribution is -2.28. The Bertz CT molecular complexity index is 325. The van der Waals surface area contributed by atoms with Crippen LogP contribution in [0.5, 0.6) is 0 Å². The quantitative estimate of drug-likeness (QED) is 0.814. The van der Waals surface area contributed by atoms with Crippen molar-refractivity contribution in [3.63, 3.8) is 0 Å². The third kappa shape index (κ3) is 3.79. The smallest absolute Gasteiger partial charge is 0.238 e. The summed E-state index contributed by atoms with van der Waals surface area (Å²) in [5.41, 5.74) is 0. The number of aromatic nitrogens is 1. The van der Waals surface area contributed by atoms with Gasteiger partial charge in [0.25, 0.3) is 0 Å². The molecule has 0 saturated carbocycles. The molecule has 0 bridgehead atoms. The van der Waals surface area contributed by atoms with Crippen LogP contribution in [0, 0.1) is 5.92 Å². The maximum Gasteiger partial charge on any atom is 0.238 e. The Hall–Kier alpha value is -0.550. The van der Waals surface area contributed by atoms with Crippen molar-refractivity contribution >= 4 is 34.1 Å². The normalized spacial score (nSPS) is 12.8. The molecular weight excluding hydrogens is 240 g/mol.